The van der Waals surface area contributed by atoms with Crippen LogP contribution in [-0.2, 0) is 26.9 Å². The molecule has 7 heteroatoms. The first-order chi connectivity index (χ1) is 9.65. The largest absolute Gasteiger partial charge is 0.465 e. The number of aromatic nitrogens is 3. The van der Waals surface area contributed by atoms with Gasteiger partial charge in [-0.05, 0) is 25.1 Å². The van der Waals surface area contributed by atoms with Gasteiger partial charge in [0.05, 0.1) is 12.3 Å². The Hall–Kier alpha value is -1.21. The lowest BCUT2D eigenvalue weighted by molar-refractivity contribution is -0.144. The minimum atomic E-state index is -1.72. The third-order valence-corrected chi connectivity index (χ3v) is 8.35. The number of carbonyl (C=O) groups excluding carboxylic acids is 1. The maximum Gasteiger partial charge on any atom is 0.327 e. The molecule has 0 fully saturated rings. The molecule has 1 rings (SSSR count). The van der Waals surface area contributed by atoms with Crippen LogP contribution in [-0.4, -0.2) is 42.5 Å². The van der Waals surface area contributed by atoms with Crippen LogP contribution in [0.1, 0.15) is 33.4 Å². The number of carbonyl (C=O) groups is 1. The summed E-state index contributed by atoms with van der Waals surface area (Å²) in [7, 11) is -1.72. The first-order valence-corrected chi connectivity index (χ1v) is 10.2. The van der Waals surface area contributed by atoms with E-state index in [2.05, 4.69) is 44.2 Å². The quantitative estimate of drug-likeness (QED) is 0.571. The van der Waals surface area contributed by atoms with Gasteiger partial charge in [-0.2, -0.15) is 0 Å². The molecule has 0 spiro atoms. The number of nitrogens with zero attached hydrogens (tertiary/aromatic N) is 3. The van der Waals surface area contributed by atoms with Gasteiger partial charge >= 0.3 is 5.97 Å². The van der Waals surface area contributed by atoms with E-state index in [1.807, 2.05) is 0 Å². The van der Waals surface area contributed by atoms with E-state index < -0.39 is 8.32 Å². The van der Waals surface area contributed by atoms with Crippen molar-refractivity contribution in [2.24, 2.45) is 0 Å². The van der Waals surface area contributed by atoms with Crippen molar-refractivity contribution in [3.63, 3.8) is 0 Å². The molecular formula is C14H27N3O3Si. The molecule has 0 saturated heterocycles. The number of esters is 1. The summed E-state index contributed by atoms with van der Waals surface area (Å²) in [6, 6.07) is 0. The van der Waals surface area contributed by atoms with Gasteiger partial charge in [0.1, 0.15) is 6.54 Å². The zero-order valence-electron chi connectivity index (χ0n) is 14.0. The van der Waals surface area contributed by atoms with E-state index in [1.165, 1.54) is 4.68 Å². The molecule has 0 saturated carbocycles. The molecule has 0 aliphatic rings. The second-order valence-corrected chi connectivity index (χ2v) is 11.4. The van der Waals surface area contributed by atoms with Gasteiger partial charge in [0.15, 0.2) is 8.32 Å². The Morgan fingerprint density at radius 1 is 1.38 bits per heavy atom. The average molecular weight is 313 g/mol. The second-order valence-electron chi connectivity index (χ2n) is 6.57. The molecule has 0 unspecified atom stereocenters. The Morgan fingerprint density at radius 2 is 2.05 bits per heavy atom. The van der Waals surface area contributed by atoms with E-state index in [4.69, 9.17) is 9.16 Å². The average Bonchev–Trinajstić information content (AvgIpc) is 2.75. The van der Waals surface area contributed by atoms with Crippen molar-refractivity contribution in [3.05, 3.63) is 11.9 Å². The third kappa shape index (κ3) is 5.59. The summed E-state index contributed by atoms with van der Waals surface area (Å²) < 4.78 is 12.5. The van der Waals surface area contributed by atoms with Crippen LogP contribution < -0.4 is 0 Å². The fraction of sp³-hybridized carbons (Fsp3) is 0.786. The second kappa shape index (κ2) is 7.17. The van der Waals surface area contributed by atoms with Gasteiger partial charge in [-0.15, -0.1) is 5.10 Å². The molecule has 21 heavy (non-hydrogen) atoms. The first-order valence-electron chi connectivity index (χ1n) is 7.34. The van der Waals surface area contributed by atoms with E-state index >= 15 is 0 Å². The number of hydrogen-bond donors (Lipinski definition) is 0. The molecule has 1 heterocycles. The van der Waals surface area contributed by atoms with Gasteiger partial charge in [-0.1, -0.05) is 26.0 Å². The first kappa shape index (κ1) is 17.8. The van der Waals surface area contributed by atoms with E-state index in [0.717, 1.165) is 5.69 Å². The molecule has 0 atom stereocenters. The van der Waals surface area contributed by atoms with Crippen LogP contribution in [0.3, 0.4) is 0 Å². The lowest BCUT2D eigenvalue weighted by atomic mass is 10.2. The number of ether oxygens (including phenoxy) is 1. The van der Waals surface area contributed by atoms with Crippen LogP contribution in [0.25, 0.3) is 0 Å². The molecule has 0 radical (unpaired) electrons. The van der Waals surface area contributed by atoms with Gasteiger partial charge in [-0.25, -0.2) is 4.68 Å². The zero-order valence-corrected chi connectivity index (χ0v) is 15.0. The van der Waals surface area contributed by atoms with E-state index in [9.17, 15) is 4.79 Å². The number of hydrogen-bond acceptors (Lipinski definition) is 5. The van der Waals surface area contributed by atoms with Crippen LogP contribution in [0.15, 0.2) is 6.20 Å². The molecule has 1 aromatic rings. The highest BCUT2D eigenvalue weighted by molar-refractivity contribution is 6.74. The van der Waals surface area contributed by atoms with E-state index in [0.29, 0.717) is 19.6 Å². The molecular weight excluding hydrogens is 286 g/mol. The Balaban J connectivity index is 2.44. The Labute approximate surface area is 127 Å². The maximum absolute atomic E-state index is 11.3. The van der Waals surface area contributed by atoms with Crippen molar-refractivity contribution in [2.45, 2.75) is 58.8 Å². The zero-order chi connectivity index (χ0) is 16.1. The SMILES string of the molecule is CCOC(=O)Cn1cc(CCO[Si](C)(C)C(C)(C)C)nn1. The van der Waals surface area contributed by atoms with Crippen molar-refractivity contribution < 1.29 is 14.0 Å². The Bertz CT molecular complexity index is 466. The molecule has 0 aliphatic carbocycles. The summed E-state index contributed by atoms with van der Waals surface area (Å²) in [6.07, 6.45) is 2.47. The normalized spacial score (nSPS) is 12.5. The minimum Gasteiger partial charge on any atom is -0.465 e. The Kier molecular flexibility index (Phi) is 6.09. The van der Waals surface area contributed by atoms with Gasteiger partial charge in [-0.3, -0.25) is 4.79 Å². The van der Waals surface area contributed by atoms with Crippen LogP contribution >= 0.6 is 0 Å². The monoisotopic (exact) mass is 313 g/mol. The van der Waals surface area contributed by atoms with Crippen molar-refractivity contribution >= 4 is 14.3 Å². The molecule has 0 aliphatic heterocycles. The summed E-state index contributed by atoms with van der Waals surface area (Å²) in [5.41, 5.74) is 0.831. The Morgan fingerprint density at radius 3 is 2.62 bits per heavy atom. The topological polar surface area (TPSA) is 66.2 Å². The highest BCUT2D eigenvalue weighted by atomic mass is 28.4. The molecule has 1 aromatic heterocycles. The van der Waals surface area contributed by atoms with Crippen LogP contribution in [0.5, 0.6) is 0 Å². The predicted molar refractivity (Wildman–Crippen MR) is 83.5 cm³/mol. The minimum absolute atomic E-state index is 0.101. The summed E-state index contributed by atoms with van der Waals surface area (Å²) >= 11 is 0. The van der Waals surface area contributed by atoms with Crippen molar-refractivity contribution in [3.8, 4) is 0 Å². The highest BCUT2D eigenvalue weighted by Gasteiger charge is 2.36. The standard InChI is InChI=1S/C14H27N3O3Si/c1-7-19-13(18)11-17-10-12(15-16-17)8-9-20-21(5,6)14(2,3)4/h10H,7-9,11H2,1-6H3. The fourth-order valence-corrected chi connectivity index (χ4v) is 2.54. The lowest BCUT2D eigenvalue weighted by Gasteiger charge is -2.36. The molecule has 0 N–H and O–H groups in total. The maximum atomic E-state index is 11.3. The van der Waals surface area contributed by atoms with Crippen molar-refractivity contribution in [1.29, 1.82) is 0 Å². The highest BCUT2D eigenvalue weighted by Crippen LogP contribution is 2.36. The molecule has 0 amide bonds. The molecule has 6 nitrogen and oxygen atoms in total. The smallest absolute Gasteiger partial charge is 0.327 e. The third-order valence-electron chi connectivity index (χ3n) is 3.81. The lowest BCUT2D eigenvalue weighted by Crippen LogP contribution is -2.41. The van der Waals surface area contributed by atoms with Gasteiger partial charge in [0.2, 0.25) is 0 Å². The van der Waals surface area contributed by atoms with Crippen molar-refractivity contribution in [1.82, 2.24) is 15.0 Å². The summed E-state index contributed by atoms with van der Waals surface area (Å²) in [6.45, 7) is 14.0. The van der Waals surface area contributed by atoms with Gasteiger partial charge in [0.25, 0.3) is 0 Å². The summed E-state index contributed by atoms with van der Waals surface area (Å²) in [5.74, 6) is -0.300. The summed E-state index contributed by atoms with van der Waals surface area (Å²) in [4.78, 5) is 11.3. The molecule has 0 bridgehead atoms. The van der Waals surface area contributed by atoms with Crippen LogP contribution in [0.2, 0.25) is 18.1 Å². The molecule has 0 aromatic carbocycles. The number of rotatable bonds is 7. The van der Waals surface area contributed by atoms with Crippen LogP contribution in [0.4, 0.5) is 0 Å². The van der Waals surface area contributed by atoms with E-state index in [1.54, 1.807) is 13.1 Å². The van der Waals surface area contributed by atoms with Crippen molar-refractivity contribution in [2.75, 3.05) is 13.2 Å². The predicted octanol–water partition coefficient (Wildman–Crippen LogP) is 2.41. The van der Waals surface area contributed by atoms with Gasteiger partial charge < -0.3 is 9.16 Å². The summed E-state index contributed by atoms with van der Waals surface area (Å²) in [5, 5.41) is 8.18. The molecule has 120 valence electrons. The fourth-order valence-electron chi connectivity index (χ4n) is 1.50. The van der Waals surface area contributed by atoms with E-state index in [-0.39, 0.29) is 17.6 Å². The van der Waals surface area contributed by atoms with Gasteiger partial charge in [0, 0.05) is 19.2 Å². The van der Waals surface area contributed by atoms with Crippen LogP contribution in [0, 0.1) is 0 Å².